The van der Waals surface area contributed by atoms with E-state index in [-0.39, 0.29) is 0 Å². The van der Waals surface area contributed by atoms with Crippen molar-refractivity contribution < 1.29 is 9.47 Å². The van der Waals surface area contributed by atoms with Gasteiger partial charge in [0.2, 0.25) is 11.8 Å². The molecule has 0 atom stereocenters. The van der Waals surface area contributed by atoms with Gasteiger partial charge in [0.1, 0.15) is 18.9 Å². The van der Waals surface area contributed by atoms with Crippen molar-refractivity contribution >= 4 is 5.69 Å². The van der Waals surface area contributed by atoms with E-state index in [9.17, 15) is 0 Å². The average molecular weight is 660 g/mol. The molecule has 0 saturated heterocycles. The van der Waals surface area contributed by atoms with Crippen molar-refractivity contribution in [1.29, 1.82) is 0 Å². The van der Waals surface area contributed by atoms with Crippen LogP contribution in [0.25, 0.3) is 0 Å². The number of anilines is 1. The Bertz CT molecular complexity index is 1660. The van der Waals surface area contributed by atoms with E-state index in [1.807, 2.05) is 107 Å². The van der Waals surface area contributed by atoms with Gasteiger partial charge in [-0.3, -0.25) is 4.98 Å². The second-order valence-corrected chi connectivity index (χ2v) is 12.9. The summed E-state index contributed by atoms with van der Waals surface area (Å²) in [5, 5.41) is 3.40. The number of hydrogen-bond donors (Lipinski definition) is 2. The molecule has 2 aromatic carbocycles. The molecule has 1 aliphatic rings. The zero-order chi connectivity index (χ0) is 35.2. The Morgan fingerprint density at radius 1 is 0.939 bits per heavy atom. The predicted molar refractivity (Wildman–Crippen MR) is 202 cm³/mol. The van der Waals surface area contributed by atoms with E-state index in [2.05, 4.69) is 47.4 Å². The van der Waals surface area contributed by atoms with Gasteiger partial charge in [-0.2, -0.15) is 4.98 Å². The Kier molecular flexibility index (Phi) is 13.5. The van der Waals surface area contributed by atoms with E-state index in [4.69, 9.17) is 20.2 Å². The number of allylic oxidation sites excluding steroid dienone is 1. The lowest BCUT2D eigenvalue weighted by Crippen LogP contribution is -2.38. The summed E-state index contributed by atoms with van der Waals surface area (Å²) in [4.78, 5) is 11.3. The van der Waals surface area contributed by atoms with Crippen LogP contribution in [-0.2, 0) is 19.6 Å². The molecular weight excluding hydrogens is 606 g/mol. The second-order valence-electron chi connectivity index (χ2n) is 12.9. The number of likely N-dealkylation sites (N-methyl/N-ethyl adjacent to an activating group) is 1. The minimum absolute atomic E-state index is 0.316. The molecule has 0 spiro atoms. The summed E-state index contributed by atoms with van der Waals surface area (Å²) in [6.07, 6.45) is 8.33. The summed E-state index contributed by atoms with van der Waals surface area (Å²) in [5.41, 5.74) is 14.0. The van der Waals surface area contributed by atoms with Crippen LogP contribution in [0.2, 0.25) is 0 Å². The SMILES string of the molecule is C=C/C(Nc1ccc(OCc2ccccc2)nc1OCc1ccccc1)=C(/N)C(=C)N(C)CCC1(C)CC(Cc2ccc(C)nc2)C1.CC. The van der Waals surface area contributed by atoms with Crippen molar-refractivity contribution in [3.05, 3.63) is 150 Å². The van der Waals surface area contributed by atoms with E-state index in [1.54, 1.807) is 6.08 Å². The quantitative estimate of drug-likeness (QED) is 0.116. The summed E-state index contributed by atoms with van der Waals surface area (Å²) < 4.78 is 12.2. The summed E-state index contributed by atoms with van der Waals surface area (Å²) in [5.74, 6) is 1.58. The summed E-state index contributed by atoms with van der Waals surface area (Å²) in [6, 6.07) is 28.0. The number of aryl methyl sites for hydroxylation is 1. The molecule has 258 valence electrons. The maximum Gasteiger partial charge on any atom is 0.241 e. The molecule has 49 heavy (non-hydrogen) atoms. The van der Waals surface area contributed by atoms with Crippen LogP contribution in [0.1, 0.15) is 62.4 Å². The highest BCUT2D eigenvalue weighted by Gasteiger charge is 2.39. The first kappa shape index (κ1) is 36.8. The molecule has 1 saturated carbocycles. The predicted octanol–water partition coefficient (Wildman–Crippen LogP) is 9.23. The molecule has 2 heterocycles. The lowest BCUT2D eigenvalue weighted by atomic mass is 9.60. The monoisotopic (exact) mass is 659 g/mol. The van der Waals surface area contributed by atoms with Crippen molar-refractivity contribution in [2.45, 2.75) is 66.6 Å². The van der Waals surface area contributed by atoms with Gasteiger partial charge in [-0.25, -0.2) is 0 Å². The summed E-state index contributed by atoms with van der Waals surface area (Å²) in [6.45, 7) is 18.4. The van der Waals surface area contributed by atoms with Crippen LogP contribution in [0.4, 0.5) is 5.69 Å². The topological polar surface area (TPSA) is 85.5 Å². The van der Waals surface area contributed by atoms with Crippen LogP contribution in [0.15, 0.2) is 127 Å². The third-order valence-corrected chi connectivity index (χ3v) is 8.93. The number of hydrogen-bond acceptors (Lipinski definition) is 7. The van der Waals surface area contributed by atoms with Crippen molar-refractivity contribution in [2.75, 3.05) is 18.9 Å². The largest absolute Gasteiger partial charge is 0.473 e. The third-order valence-electron chi connectivity index (χ3n) is 8.93. The highest BCUT2D eigenvalue weighted by Crippen LogP contribution is 2.49. The fourth-order valence-corrected chi connectivity index (χ4v) is 6.11. The molecule has 1 fully saturated rings. The maximum atomic E-state index is 6.70. The number of aromatic nitrogens is 2. The standard InChI is InChI=1S/C40H47N5O2.C2H6/c1-6-35(38(41)30(3)45(5)22-21-40(4)24-34(25-40)23-33-18-17-29(2)42-26-33)43-36-19-20-37(46-27-31-13-9-7-10-14-31)44-39(36)47-28-32-15-11-8-12-16-32;1-2/h6-20,26,34,43H,1,3,21-25,27-28,41H2,2,4-5H3;1-2H3/b38-35-;. The van der Waals surface area contributed by atoms with Gasteiger partial charge in [0, 0.05) is 31.5 Å². The van der Waals surface area contributed by atoms with Gasteiger partial charge in [0.05, 0.1) is 17.1 Å². The Balaban J connectivity index is 0.00000265. The van der Waals surface area contributed by atoms with E-state index in [0.717, 1.165) is 41.9 Å². The molecule has 0 bridgehead atoms. The lowest BCUT2D eigenvalue weighted by Gasteiger charge is -2.46. The number of nitrogens with zero attached hydrogens (tertiary/aromatic N) is 3. The van der Waals surface area contributed by atoms with E-state index >= 15 is 0 Å². The minimum Gasteiger partial charge on any atom is -0.473 e. The van der Waals surface area contributed by atoms with Crippen LogP contribution >= 0.6 is 0 Å². The van der Waals surface area contributed by atoms with Gasteiger partial charge in [0.25, 0.3) is 0 Å². The number of nitrogens with one attached hydrogen (secondary N) is 1. The molecule has 3 N–H and O–H groups in total. The molecular formula is C42H53N5O2. The molecule has 5 rings (SSSR count). The molecule has 7 heteroatoms. The number of ether oxygens (including phenoxy) is 2. The zero-order valence-corrected chi connectivity index (χ0v) is 29.9. The molecule has 0 aliphatic heterocycles. The first-order valence-electron chi connectivity index (χ1n) is 17.3. The van der Waals surface area contributed by atoms with Crippen molar-refractivity contribution in [1.82, 2.24) is 14.9 Å². The summed E-state index contributed by atoms with van der Waals surface area (Å²) >= 11 is 0. The van der Waals surface area contributed by atoms with E-state index < -0.39 is 0 Å². The number of rotatable bonds is 16. The van der Waals surface area contributed by atoms with Crippen LogP contribution in [0.3, 0.4) is 0 Å². The Morgan fingerprint density at radius 3 is 2.16 bits per heavy atom. The average Bonchev–Trinajstić information content (AvgIpc) is 3.13. The van der Waals surface area contributed by atoms with Crippen molar-refractivity contribution in [2.24, 2.45) is 17.1 Å². The lowest BCUT2D eigenvalue weighted by molar-refractivity contribution is 0.0584. The third kappa shape index (κ3) is 10.7. The fourth-order valence-electron chi connectivity index (χ4n) is 6.11. The van der Waals surface area contributed by atoms with Crippen molar-refractivity contribution in [3.63, 3.8) is 0 Å². The van der Waals surface area contributed by atoms with Crippen LogP contribution < -0.4 is 20.5 Å². The molecule has 0 amide bonds. The zero-order valence-electron chi connectivity index (χ0n) is 29.9. The first-order valence-corrected chi connectivity index (χ1v) is 17.3. The van der Waals surface area contributed by atoms with E-state index in [1.165, 1.54) is 18.4 Å². The van der Waals surface area contributed by atoms with Gasteiger partial charge < -0.3 is 25.4 Å². The smallest absolute Gasteiger partial charge is 0.241 e. The Labute approximate surface area is 293 Å². The van der Waals surface area contributed by atoms with E-state index in [0.29, 0.717) is 53.4 Å². The van der Waals surface area contributed by atoms with Crippen LogP contribution in [0.5, 0.6) is 11.8 Å². The highest BCUT2D eigenvalue weighted by atomic mass is 16.5. The number of benzene rings is 2. The Morgan fingerprint density at radius 2 is 1.57 bits per heavy atom. The van der Waals surface area contributed by atoms with Crippen molar-refractivity contribution in [3.8, 4) is 11.8 Å². The van der Waals surface area contributed by atoms with Gasteiger partial charge in [-0.15, -0.1) is 0 Å². The van der Waals surface area contributed by atoms with Gasteiger partial charge in [-0.05, 0) is 78.8 Å². The molecule has 7 nitrogen and oxygen atoms in total. The second kappa shape index (κ2) is 17.9. The van der Waals surface area contributed by atoms with Crippen LogP contribution in [-0.4, -0.2) is 28.5 Å². The van der Waals surface area contributed by atoms with Gasteiger partial charge in [-0.1, -0.05) is 101 Å². The van der Waals surface area contributed by atoms with Crippen LogP contribution in [0, 0.1) is 18.3 Å². The fraction of sp³-hybridized carbons (Fsp3) is 0.333. The molecule has 2 aromatic heterocycles. The van der Waals surface area contributed by atoms with Gasteiger partial charge in [0.15, 0.2) is 0 Å². The molecule has 1 aliphatic carbocycles. The maximum absolute atomic E-state index is 6.70. The summed E-state index contributed by atoms with van der Waals surface area (Å²) in [7, 11) is 2.04. The minimum atomic E-state index is 0.316. The number of nitrogens with two attached hydrogens (primary N) is 1. The van der Waals surface area contributed by atoms with Gasteiger partial charge >= 0.3 is 0 Å². The molecule has 0 radical (unpaired) electrons. The molecule has 4 aromatic rings. The first-order chi connectivity index (χ1) is 23.7. The normalized spacial score (nSPS) is 17.0. The molecule has 0 unspecified atom stereocenters. The Hall–Kier alpha value is -5.04. The number of pyridine rings is 2. The highest BCUT2D eigenvalue weighted by molar-refractivity contribution is 5.60.